The van der Waals surface area contributed by atoms with Crippen LogP contribution in [0.1, 0.15) is 5.56 Å². The maximum Gasteiger partial charge on any atom is 0.274 e. The summed E-state index contributed by atoms with van der Waals surface area (Å²) in [5.41, 5.74) is 4.85. The normalized spacial score (nSPS) is 13.0. The molecule has 1 aromatic carbocycles. The van der Waals surface area contributed by atoms with Crippen molar-refractivity contribution in [3.63, 3.8) is 0 Å². The van der Waals surface area contributed by atoms with E-state index in [9.17, 15) is 4.79 Å². The molecule has 6 nitrogen and oxygen atoms in total. The van der Waals surface area contributed by atoms with E-state index in [1.807, 2.05) is 30.3 Å². The fourth-order valence-corrected chi connectivity index (χ4v) is 1.91. The molecule has 106 valence electrons. The third-order valence-corrected chi connectivity index (χ3v) is 2.92. The summed E-state index contributed by atoms with van der Waals surface area (Å²) in [7, 11) is 0. The first-order valence-electron chi connectivity index (χ1n) is 6.38. The summed E-state index contributed by atoms with van der Waals surface area (Å²) in [6.45, 7) is 0.0190. The van der Waals surface area contributed by atoms with Crippen LogP contribution >= 0.6 is 0 Å². The lowest BCUT2D eigenvalue weighted by atomic mass is 10.1. The first-order valence-corrected chi connectivity index (χ1v) is 6.38. The monoisotopic (exact) mass is 275 g/mol. The molecule has 0 spiro atoms. The topological polar surface area (TPSA) is 85.2 Å². The van der Waals surface area contributed by atoms with Crippen LogP contribution in [0.4, 0.5) is 5.69 Å². The van der Waals surface area contributed by atoms with E-state index in [1.54, 1.807) is 6.08 Å². The molecule has 1 heterocycles. The molecule has 0 fully saturated rings. The lowest BCUT2D eigenvalue weighted by Crippen LogP contribution is -2.39. The average Bonchev–Trinajstić information content (AvgIpc) is 2.69. The minimum Gasteiger partial charge on any atom is -0.395 e. The highest BCUT2D eigenvalue weighted by molar-refractivity contribution is 6.44. The van der Waals surface area contributed by atoms with E-state index in [0.29, 0.717) is 0 Å². The van der Waals surface area contributed by atoms with Crippen molar-refractivity contribution in [1.82, 2.24) is 4.90 Å². The van der Waals surface area contributed by atoms with Gasteiger partial charge in [-0.25, -0.2) is 0 Å². The Morgan fingerprint density at radius 1 is 1.15 bits per heavy atom. The molecule has 3 N–H and O–H groups in total. The number of hydrogen-bond donors (Lipinski definition) is 3. The van der Waals surface area contributed by atoms with E-state index in [1.165, 1.54) is 4.90 Å². The van der Waals surface area contributed by atoms with Gasteiger partial charge in [-0.05, 0) is 17.7 Å². The zero-order valence-electron chi connectivity index (χ0n) is 11.0. The zero-order valence-corrected chi connectivity index (χ0v) is 11.0. The highest BCUT2D eigenvalue weighted by atomic mass is 16.3. The maximum absolute atomic E-state index is 12.3. The van der Waals surface area contributed by atoms with Crippen LogP contribution in [0.25, 0.3) is 6.08 Å². The van der Waals surface area contributed by atoms with Gasteiger partial charge in [-0.2, -0.15) is 5.10 Å². The van der Waals surface area contributed by atoms with Gasteiger partial charge in [0.05, 0.1) is 18.9 Å². The van der Waals surface area contributed by atoms with Crippen LogP contribution in [0.3, 0.4) is 0 Å². The molecule has 1 aliphatic rings. The van der Waals surface area contributed by atoms with Crippen LogP contribution in [-0.2, 0) is 4.79 Å². The first-order chi connectivity index (χ1) is 9.76. The molecular weight excluding hydrogens is 258 g/mol. The van der Waals surface area contributed by atoms with Crippen molar-refractivity contribution in [3.8, 4) is 0 Å². The van der Waals surface area contributed by atoms with Gasteiger partial charge in [0, 0.05) is 13.1 Å². The molecule has 0 atom stereocenters. The number of fused-ring (bicyclic) bond motifs is 1. The minimum atomic E-state index is -0.329. The van der Waals surface area contributed by atoms with Gasteiger partial charge in [-0.1, -0.05) is 24.3 Å². The fourth-order valence-electron chi connectivity index (χ4n) is 1.91. The Kier molecular flexibility index (Phi) is 4.86. The molecule has 2 rings (SSSR count). The predicted octanol–water partition coefficient (Wildman–Crippen LogP) is 0.294. The number of carbonyl (C=O) groups is 1. The molecule has 0 saturated carbocycles. The lowest BCUT2D eigenvalue weighted by molar-refractivity contribution is -0.125. The largest absolute Gasteiger partial charge is 0.395 e. The van der Waals surface area contributed by atoms with E-state index in [2.05, 4.69) is 10.5 Å². The third-order valence-electron chi connectivity index (χ3n) is 2.92. The number of anilines is 1. The second-order valence-electron chi connectivity index (χ2n) is 4.27. The van der Waals surface area contributed by atoms with E-state index in [-0.39, 0.29) is 37.9 Å². The van der Waals surface area contributed by atoms with Gasteiger partial charge in [0.25, 0.3) is 5.91 Å². The Hall–Kier alpha value is -2.18. The standard InChI is InChI=1S/C14H17N3O3/c18-9-7-17(8-10-19)14(20)13-6-5-11-3-1-2-4-12(11)15-16-13/h1-6,15,18-19H,7-10H2. The lowest BCUT2D eigenvalue weighted by Gasteiger charge is -2.20. The van der Waals surface area contributed by atoms with Crippen LogP contribution in [0, 0.1) is 0 Å². The Balaban J connectivity index is 2.17. The summed E-state index contributed by atoms with van der Waals surface area (Å²) in [5, 5.41) is 22.0. The summed E-state index contributed by atoms with van der Waals surface area (Å²) < 4.78 is 0. The highest BCUT2D eigenvalue weighted by Crippen LogP contribution is 2.19. The number of nitrogens with one attached hydrogen (secondary N) is 1. The predicted molar refractivity (Wildman–Crippen MR) is 77.3 cm³/mol. The van der Waals surface area contributed by atoms with Crippen molar-refractivity contribution in [2.24, 2.45) is 5.10 Å². The molecule has 0 aliphatic carbocycles. The second-order valence-corrected chi connectivity index (χ2v) is 4.27. The van der Waals surface area contributed by atoms with Crippen molar-refractivity contribution in [1.29, 1.82) is 0 Å². The maximum atomic E-state index is 12.3. The molecule has 0 bridgehead atoms. The number of rotatable bonds is 5. The molecule has 0 aromatic heterocycles. The zero-order chi connectivity index (χ0) is 14.4. The number of hydrazone groups is 1. The number of carbonyl (C=O) groups excluding carboxylic acids is 1. The first kappa shape index (κ1) is 14.2. The number of benzene rings is 1. The molecular formula is C14H17N3O3. The quantitative estimate of drug-likeness (QED) is 0.721. The van der Waals surface area contributed by atoms with Crippen LogP contribution in [0.2, 0.25) is 0 Å². The van der Waals surface area contributed by atoms with Crippen LogP contribution < -0.4 is 5.43 Å². The second kappa shape index (κ2) is 6.83. The van der Waals surface area contributed by atoms with Crippen molar-refractivity contribution in [3.05, 3.63) is 35.9 Å². The third kappa shape index (κ3) is 3.23. The Morgan fingerprint density at radius 2 is 1.85 bits per heavy atom. The number of aliphatic hydroxyl groups excluding tert-OH is 2. The number of aliphatic hydroxyl groups is 2. The SMILES string of the molecule is O=C(C1=NNc2ccccc2C=C1)N(CCO)CCO. The summed E-state index contributed by atoms with van der Waals surface area (Å²) in [6, 6.07) is 7.57. The van der Waals surface area contributed by atoms with E-state index < -0.39 is 0 Å². The summed E-state index contributed by atoms with van der Waals surface area (Å²) in [4.78, 5) is 13.6. The summed E-state index contributed by atoms with van der Waals surface area (Å²) >= 11 is 0. The Bertz CT molecular complexity index is 534. The number of para-hydroxylation sites is 1. The molecule has 0 unspecified atom stereocenters. The Morgan fingerprint density at radius 3 is 2.55 bits per heavy atom. The summed E-state index contributed by atoms with van der Waals surface area (Å²) in [6.07, 6.45) is 3.44. The van der Waals surface area contributed by atoms with Gasteiger partial charge in [0.2, 0.25) is 0 Å². The van der Waals surface area contributed by atoms with Crippen LogP contribution in [0.5, 0.6) is 0 Å². The molecule has 0 saturated heterocycles. The highest BCUT2D eigenvalue weighted by Gasteiger charge is 2.18. The molecule has 0 radical (unpaired) electrons. The number of amides is 1. The van der Waals surface area contributed by atoms with Crippen molar-refractivity contribution in [2.75, 3.05) is 31.7 Å². The van der Waals surface area contributed by atoms with Crippen LogP contribution in [-0.4, -0.2) is 53.0 Å². The van der Waals surface area contributed by atoms with Gasteiger partial charge in [0.1, 0.15) is 5.71 Å². The van der Waals surface area contributed by atoms with Crippen molar-refractivity contribution < 1.29 is 15.0 Å². The summed E-state index contributed by atoms with van der Waals surface area (Å²) in [5.74, 6) is -0.329. The molecule has 1 amide bonds. The van der Waals surface area contributed by atoms with Gasteiger partial charge in [-0.3, -0.25) is 10.2 Å². The van der Waals surface area contributed by atoms with Gasteiger partial charge in [0.15, 0.2) is 0 Å². The van der Waals surface area contributed by atoms with Crippen molar-refractivity contribution >= 4 is 23.4 Å². The molecule has 6 heteroatoms. The smallest absolute Gasteiger partial charge is 0.274 e. The van der Waals surface area contributed by atoms with Gasteiger partial charge >= 0.3 is 0 Å². The molecule has 1 aliphatic heterocycles. The van der Waals surface area contributed by atoms with Gasteiger partial charge in [-0.15, -0.1) is 0 Å². The number of nitrogens with zero attached hydrogens (tertiary/aromatic N) is 2. The van der Waals surface area contributed by atoms with E-state index in [0.717, 1.165) is 11.3 Å². The molecule has 1 aromatic rings. The molecule has 20 heavy (non-hydrogen) atoms. The fraction of sp³-hybridized carbons (Fsp3) is 0.286. The van der Waals surface area contributed by atoms with Gasteiger partial charge < -0.3 is 15.1 Å². The van der Waals surface area contributed by atoms with E-state index in [4.69, 9.17) is 10.2 Å². The van der Waals surface area contributed by atoms with E-state index >= 15 is 0 Å². The average molecular weight is 275 g/mol. The number of hydrogen-bond acceptors (Lipinski definition) is 5. The minimum absolute atomic E-state index is 0.156. The Labute approximate surface area is 117 Å². The van der Waals surface area contributed by atoms with Crippen molar-refractivity contribution in [2.45, 2.75) is 0 Å². The van der Waals surface area contributed by atoms with Crippen LogP contribution in [0.15, 0.2) is 35.4 Å².